The van der Waals surface area contributed by atoms with Crippen LogP contribution in [0.1, 0.15) is 72.9 Å². The molecule has 1 aliphatic heterocycles. The van der Waals surface area contributed by atoms with E-state index in [1.54, 1.807) is 12.1 Å². The van der Waals surface area contributed by atoms with Crippen LogP contribution in [-0.2, 0) is 11.3 Å². The van der Waals surface area contributed by atoms with Crippen LogP contribution in [0.5, 0.6) is 0 Å². The van der Waals surface area contributed by atoms with E-state index in [0.29, 0.717) is 18.7 Å². The summed E-state index contributed by atoms with van der Waals surface area (Å²) in [5.74, 6) is -0.668. The Morgan fingerprint density at radius 2 is 1.83 bits per heavy atom. The minimum absolute atomic E-state index is 0.0531. The lowest BCUT2D eigenvalue weighted by molar-refractivity contribution is -0.126. The molecule has 4 nitrogen and oxygen atoms in total. The second kappa shape index (κ2) is 8.58. The van der Waals surface area contributed by atoms with Crippen molar-refractivity contribution in [1.29, 1.82) is 0 Å². The minimum Gasteiger partial charge on any atom is -0.351 e. The van der Waals surface area contributed by atoms with Crippen LogP contribution >= 0.6 is 0 Å². The Morgan fingerprint density at radius 1 is 1.13 bits per heavy atom. The van der Waals surface area contributed by atoms with Gasteiger partial charge in [-0.3, -0.25) is 9.59 Å². The fraction of sp³-hybridized carbons (Fsp3) is 0.440. The molecule has 5 heteroatoms. The summed E-state index contributed by atoms with van der Waals surface area (Å²) in [6.45, 7) is 3.15. The highest BCUT2D eigenvalue weighted by Gasteiger charge is 2.55. The molecule has 2 aliphatic rings. The molecule has 4 rings (SSSR count). The van der Waals surface area contributed by atoms with Crippen molar-refractivity contribution in [2.75, 3.05) is 6.54 Å². The summed E-state index contributed by atoms with van der Waals surface area (Å²) in [6.07, 6.45) is 5.69. The average Bonchev–Trinajstić information content (AvgIpc) is 3.23. The van der Waals surface area contributed by atoms with Gasteiger partial charge in [-0.1, -0.05) is 56.5 Å². The Balaban J connectivity index is 1.68. The van der Waals surface area contributed by atoms with Crippen LogP contribution in [0, 0.1) is 5.82 Å². The fourth-order valence-corrected chi connectivity index (χ4v) is 5.20. The summed E-state index contributed by atoms with van der Waals surface area (Å²) < 4.78 is 13.2. The molecule has 1 unspecified atom stereocenters. The number of rotatable bonds is 6. The third-order valence-corrected chi connectivity index (χ3v) is 6.67. The highest BCUT2D eigenvalue weighted by molar-refractivity contribution is 6.02. The lowest BCUT2D eigenvalue weighted by atomic mass is 9.71. The average molecular weight is 409 g/mol. The van der Waals surface area contributed by atoms with Gasteiger partial charge < -0.3 is 10.2 Å². The normalized spacial score (nSPS) is 19.7. The van der Waals surface area contributed by atoms with Crippen LogP contribution < -0.4 is 5.32 Å². The van der Waals surface area contributed by atoms with Crippen LogP contribution in [-0.4, -0.2) is 28.8 Å². The van der Waals surface area contributed by atoms with Crippen LogP contribution in [0.2, 0.25) is 0 Å². The maximum Gasteiger partial charge on any atom is 0.254 e. The van der Waals surface area contributed by atoms with Crippen molar-refractivity contribution in [2.24, 2.45) is 0 Å². The number of nitrogens with one attached hydrogen (secondary N) is 1. The molecule has 1 spiro atoms. The van der Waals surface area contributed by atoms with Crippen molar-refractivity contribution in [3.63, 3.8) is 0 Å². The summed E-state index contributed by atoms with van der Waals surface area (Å²) in [5.41, 5.74) is 1.89. The van der Waals surface area contributed by atoms with E-state index >= 15 is 0 Å². The third-order valence-electron chi connectivity index (χ3n) is 6.67. The van der Waals surface area contributed by atoms with Crippen molar-refractivity contribution in [1.82, 2.24) is 10.2 Å². The lowest BCUT2D eigenvalue weighted by Gasteiger charge is -2.50. The molecular formula is C25H29FN2O2. The van der Waals surface area contributed by atoms with E-state index in [1.807, 2.05) is 29.2 Å². The number of unbranched alkanes of at least 4 members (excludes halogenated alkanes) is 1. The molecule has 1 saturated carbocycles. The Hall–Kier alpha value is -2.69. The molecule has 2 aromatic carbocycles. The van der Waals surface area contributed by atoms with Crippen molar-refractivity contribution >= 4 is 11.8 Å². The molecule has 30 heavy (non-hydrogen) atoms. The smallest absolute Gasteiger partial charge is 0.254 e. The van der Waals surface area contributed by atoms with Gasteiger partial charge in [0.25, 0.3) is 5.91 Å². The maximum absolute atomic E-state index is 13.6. The Bertz CT molecular complexity index is 919. The Morgan fingerprint density at radius 3 is 2.53 bits per heavy atom. The first kappa shape index (κ1) is 20.6. The Labute approximate surface area is 177 Å². The molecule has 2 aromatic rings. The topological polar surface area (TPSA) is 49.4 Å². The van der Waals surface area contributed by atoms with Crippen molar-refractivity contribution in [2.45, 2.75) is 63.5 Å². The van der Waals surface area contributed by atoms with Crippen LogP contribution in [0.3, 0.4) is 0 Å². The zero-order valence-corrected chi connectivity index (χ0v) is 17.5. The molecule has 2 amide bonds. The number of hydrogen-bond donors (Lipinski definition) is 1. The maximum atomic E-state index is 13.6. The summed E-state index contributed by atoms with van der Waals surface area (Å²) in [5, 5.41) is 3.07. The zero-order chi connectivity index (χ0) is 21.1. The van der Waals surface area contributed by atoms with Gasteiger partial charge >= 0.3 is 0 Å². The van der Waals surface area contributed by atoms with Crippen molar-refractivity contribution in [3.05, 3.63) is 71.0 Å². The third kappa shape index (κ3) is 3.62. The van der Waals surface area contributed by atoms with Gasteiger partial charge in [0, 0.05) is 18.7 Å². The molecule has 0 bridgehead atoms. The number of fused-ring (bicyclic) bond motifs is 1. The van der Waals surface area contributed by atoms with E-state index in [-0.39, 0.29) is 23.5 Å². The molecule has 1 heterocycles. The summed E-state index contributed by atoms with van der Waals surface area (Å²) in [7, 11) is 0. The number of amides is 2. The highest BCUT2D eigenvalue weighted by Crippen LogP contribution is 2.50. The zero-order valence-electron chi connectivity index (χ0n) is 17.5. The molecule has 0 aromatic heterocycles. The van der Waals surface area contributed by atoms with Gasteiger partial charge in [-0.05, 0) is 48.6 Å². The number of carbonyl (C=O) groups is 2. The van der Waals surface area contributed by atoms with E-state index in [9.17, 15) is 14.0 Å². The summed E-state index contributed by atoms with van der Waals surface area (Å²) >= 11 is 0. The van der Waals surface area contributed by atoms with Crippen LogP contribution in [0.25, 0.3) is 0 Å². The fourth-order valence-electron chi connectivity index (χ4n) is 5.20. The van der Waals surface area contributed by atoms with E-state index in [1.165, 1.54) is 12.1 Å². The minimum atomic E-state index is -0.451. The first-order chi connectivity index (χ1) is 14.6. The van der Waals surface area contributed by atoms with Gasteiger partial charge in [0.05, 0.1) is 11.5 Å². The predicted octanol–water partition coefficient (Wildman–Crippen LogP) is 4.79. The van der Waals surface area contributed by atoms with Gasteiger partial charge in [0.2, 0.25) is 5.91 Å². The summed E-state index contributed by atoms with van der Waals surface area (Å²) in [6, 6.07) is 13.7. The van der Waals surface area contributed by atoms with E-state index in [4.69, 9.17) is 0 Å². The van der Waals surface area contributed by atoms with Gasteiger partial charge in [-0.15, -0.1) is 0 Å². The molecule has 1 atom stereocenters. The highest BCUT2D eigenvalue weighted by atomic mass is 19.1. The molecule has 1 N–H and O–H groups in total. The first-order valence-corrected chi connectivity index (χ1v) is 11.0. The number of halogens is 1. The lowest BCUT2D eigenvalue weighted by Crippen LogP contribution is -2.60. The van der Waals surface area contributed by atoms with Gasteiger partial charge in [-0.2, -0.15) is 0 Å². The van der Waals surface area contributed by atoms with Crippen LogP contribution in [0.4, 0.5) is 4.39 Å². The van der Waals surface area contributed by atoms with Crippen molar-refractivity contribution < 1.29 is 14.0 Å². The van der Waals surface area contributed by atoms with E-state index < -0.39 is 5.54 Å². The van der Waals surface area contributed by atoms with Crippen molar-refractivity contribution in [3.8, 4) is 0 Å². The number of carbonyl (C=O) groups excluding carboxylic acids is 2. The predicted molar refractivity (Wildman–Crippen MR) is 115 cm³/mol. The SMILES string of the molecule is CCCCN1C(=O)c2ccccc2C(C(=O)NCc2ccc(F)cc2)C12CCCC2. The molecule has 1 fully saturated rings. The quantitative estimate of drug-likeness (QED) is 0.747. The number of hydrogen-bond acceptors (Lipinski definition) is 2. The largest absolute Gasteiger partial charge is 0.351 e. The second-order valence-corrected chi connectivity index (χ2v) is 8.49. The Kier molecular flexibility index (Phi) is 5.89. The molecule has 1 aliphatic carbocycles. The molecule has 0 saturated heterocycles. The molecule has 158 valence electrons. The standard InChI is InChI=1S/C25H29FN2O2/c1-2-3-16-28-24(30)21-9-5-4-8-20(21)22(25(28)14-6-7-15-25)23(29)27-17-18-10-12-19(26)13-11-18/h4-5,8-13,22H,2-3,6-7,14-17H2,1H3,(H,27,29). The molecule has 0 radical (unpaired) electrons. The summed E-state index contributed by atoms with van der Waals surface area (Å²) in [4.78, 5) is 29.0. The second-order valence-electron chi connectivity index (χ2n) is 8.49. The molecular weight excluding hydrogens is 379 g/mol. The monoisotopic (exact) mass is 408 g/mol. The number of nitrogens with zero attached hydrogens (tertiary/aromatic N) is 1. The van der Waals surface area contributed by atoms with Gasteiger partial charge in [0.15, 0.2) is 0 Å². The van der Waals surface area contributed by atoms with E-state index in [0.717, 1.165) is 49.7 Å². The number of benzene rings is 2. The van der Waals surface area contributed by atoms with Gasteiger partial charge in [0.1, 0.15) is 5.82 Å². The van der Waals surface area contributed by atoms with Gasteiger partial charge in [-0.25, -0.2) is 4.39 Å². The van der Waals surface area contributed by atoms with E-state index in [2.05, 4.69) is 12.2 Å². The van der Waals surface area contributed by atoms with Crippen LogP contribution in [0.15, 0.2) is 48.5 Å². The first-order valence-electron chi connectivity index (χ1n) is 11.0.